The number of hydrogen-bond acceptors (Lipinski definition) is 5. The molecule has 0 saturated carbocycles. The summed E-state index contributed by atoms with van der Waals surface area (Å²) in [5, 5.41) is 12.7. The number of amides is 1. The first-order chi connectivity index (χ1) is 7.53. The summed E-state index contributed by atoms with van der Waals surface area (Å²) in [6.45, 7) is 2.58. The van der Waals surface area contributed by atoms with Gasteiger partial charge in [-0.1, -0.05) is 0 Å². The van der Waals surface area contributed by atoms with E-state index in [0.29, 0.717) is 13.0 Å². The summed E-state index contributed by atoms with van der Waals surface area (Å²) in [7, 11) is 1.42. The molecule has 0 aromatic heterocycles. The molecule has 0 aromatic rings. The highest BCUT2D eigenvalue weighted by molar-refractivity contribution is 5.81. The molecule has 1 heterocycles. The predicted molar refractivity (Wildman–Crippen MR) is 57.8 cm³/mol. The fourth-order valence-corrected chi connectivity index (χ4v) is 1.67. The van der Waals surface area contributed by atoms with E-state index in [1.165, 1.54) is 7.11 Å². The van der Waals surface area contributed by atoms with E-state index in [1.807, 2.05) is 0 Å². The average molecular weight is 232 g/mol. The lowest BCUT2D eigenvalue weighted by Gasteiger charge is -2.26. The molecule has 1 rings (SSSR count). The molecular formula is C10H20N2O4. The molecule has 1 saturated heterocycles. The Bertz CT molecular complexity index is 245. The normalized spacial score (nSPS) is 31.4. The first-order valence-corrected chi connectivity index (χ1v) is 5.38. The summed E-state index contributed by atoms with van der Waals surface area (Å²) >= 11 is 0. The van der Waals surface area contributed by atoms with E-state index in [1.54, 1.807) is 6.92 Å². The highest BCUT2D eigenvalue weighted by Crippen LogP contribution is 2.24. The van der Waals surface area contributed by atoms with Crippen molar-refractivity contribution in [2.75, 3.05) is 26.8 Å². The third-order valence-electron chi connectivity index (χ3n) is 3.02. The van der Waals surface area contributed by atoms with Gasteiger partial charge in [-0.05, 0) is 6.92 Å². The topological polar surface area (TPSA) is 93.8 Å². The Morgan fingerprint density at radius 3 is 2.94 bits per heavy atom. The van der Waals surface area contributed by atoms with E-state index in [9.17, 15) is 9.90 Å². The quantitative estimate of drug-likeness (QED) is 0.543. The van der Waals surface area contributed by atoms with Crippen molar-refractivity contribution in [1.29, 1.82) is 0 Å². The van der Waals surface area contributed by atoms with Gasteiger partial charge in [0, 0.05) is 33.2 Å². The number of methoxy groups -OCH3 is 1. The smallest absolute Gasteiger partial charge is 0.250 e. The van der Waals surface area contributed by atoms with Crippen LogP contribution < -0.4 is 11.1 Å². The third-order valence-corrected chi connectivity index (χ3v) is 3.02. The van der Waals surface area contributed by atoms with E-state index in [-0.39, 0.29) is 25.1 Å². The molecule has 6 heteroatoms. The molecule has 16 heavy (non-hydrogen) atoms. The number of carbonyl (C=O) groups is 1. The van der Waals surface area contributed by atoms with Gasteiger partial charge in [-0.15, -0.1) is 0 Å². The average Bonchev–Trinajstić information content (AvgIpc) is 2.59. The van der Waals surface area contributed by atoms with Crippen LogP contribution in [0.15, 0.2) is 0 Å². The maximum Gasteiger partial charge on any atom is 0.250 e. The van der Waals surface area contributed by atoms with E-state index in [2.05, 4.69) is 5.32 Å². The minimum absolute atomic E-state index is 0.118. The summed E-state index contributed by atoms with van der Waals surface area (Å²) in [5.41, 5.74) is 4.37. The molecule has 6 nitrogen and oxygen atoms in total. The van der Waals surface area contributed by atoms with Crippen LogP contribution in [0.5, 0.6) is 0 Å². The van der Waals surface area contributed by atoms with Crippen LogP contribution in [0.25, 0.3) is 0 Å². The number of nitrogens with one attached hydrogen (secondary N) is 1. The van der Waals surface area contributed by atoms with E-state index in [4.69, 9.17) is 15.2 Å². The van der Waals surface area contributed by atoms with Gasteiger partial charge in [0.15, 0.2) is 0 Å². The van der Waals surface area contributed by atoms with Crippen molar-refractivity contribution >= 4 is 5.91 Å². The van der Waals surface area contributed by atoms with Crippen LogP contribution in [0.2, 0.25) is 0 Å². The van der Waals surface area contributed by atoms with Crippen molar-refractivity contribution in [3.63, 3.8) is 0 Å². The molecule has 0 aromatic carbocycles. The number of carbonyl (C=O) groups excluding carboxylic acids is 1. The van der Waals surface area contributed by atoms with Gasteiger partial charge in [0.05, 0.1) is 6.10 Å². The maximum absolute atomic E-state index is 11.5. The lowest BCUT2D eigenvalue weighted by Crippen LogP contribution is -2.50. The molecule has 0 radical (unpaired) electrons. The molecule has 1 aliphatic heterocycles. The second kappa shape index (κ2) is 5.58. The van der Waals surface area contributed by atoms with Crippen LogP contribution in [0, 0.1) is 0 Å². The Labute approximate surface area is 95.1 Å². The minimum Gasteiger partial charge on any atom is -0.385 e. The summed E-state index contributed by atoms with van der Waals surface area (Å²) in [6, 6.07) is 0. The fraction of sp³-hybridized carbons (Fsp3) is 0.900. The zero-order chi connectivity index (χ0) is 12.2. The number of nitrogens with two attached hydrogens (primary N) is 1. The van der Waals surface area contributed by atoms with Crippen LogP contribution >= 0.6 is 0 Å². The fourth-order valence-electron chi connectivity index (χ4n) is 1.67. The van der Waals surface area contributed by atoms with Crippen LogP contribution in [0.1, 0.15) is 13.3 Å². The predicted octanol–water partition coefficient (Wildman–Crippen LogP) is -1.38. The van der Waals surface area contributed by atoms with Gasteiger partial charge >= 0.3 is 0 Å². The Kier molecular flexibility index (Phi) is 4.67. The van der Waals surface area contributed by atoms with Gasteiger partial charge in [0.1, 0.15) is 11.7 Å². The van der Waals surface area contributed by atoms with Crippen molar-refractivity contribution in [2.45, 2.75) is 31.2 Å². The lowest BCUT2D eigenvalue weighted by molar-refractivity contribution is -0.132. The van der Waals surface area contributed by atoms with Gasteiger partial charge in [0.2, 0.25) is 0 Å². The number of hydrogen-bond donors (Lipinski definition) is 3. The first-order valence-electron chi connectivity index (χ1n) is 5.38. The standard InChI is InChI=1S/C10H20N2O4/c1-7-10(14,3-4-16-7)6-12-9(13)8(5-11)15-2/h7-8,14H,3-6,11H2,1-2H3,(H,12,13). The van der Waals surface area contributed by atoms with E-state index in [0.717, 1.165) is 0 Å². The molecule has 4 N–H and O–H groups in total. The number of rotatable bonds is 5. The van der Waals surface area contributed by atoms with Crippen molar-refractivity contribution < 1.29 is 19.4 Å². The van der Waals surface area contributed by atoms with Gasteiger partial charge in [-0.3, -0.25) is 4.79 Å². The van der Waals surface area contributed by atoms with E-state index >= 15 is 0 Å². The molecule has 0 aliphatic carbocycles. The molecule has 1 aliphatic rings. The van der Waals surface area contributed by atoms with Crippen molar-refractivity contribution in [3.8, 4) is 0 Å². The van der Waals surface area contributed by atoms with Gasteiger partial charge in [-0.2, -0.15) is 0 Å². The van der Waals surface area contributed by atoms with Crippen LogP contribution in [0.3, 0.4) is 0 Å². The Morgan fingerprint density at radius 2 is 2.50 bits per heavy atom. The molecule has 1 amide bonds. The summed E-state index contributed by atoms with van der Waals surface area (Å²) in [6.07, 6.45) is -0.415. The van der Waals surface area contributed by atoms with Crippen LogP contribution in [0.4, 0.5) is 0 Å². The Morgan fingerprint density at radius 1 is 1.81 bits per heavy atom. The second-order valence-corrected chi connectivity index (χ2v) is 4.04. The summed E-state index contributed by atoms with van der Waals surface area (Å²) in [5.74, 6) is -0.308. The number of ether oxygens (including phenoxy) is 2. The molecule has 0 bridgehead atoms. The molecular weight excluding hydrogens is 212 g/mol. The van der Waals surface area contributed by atoms with Gasteiger partial charge < -0.3 is 25.6 Å². The zero-order valence-corrected chi connectivity index (χ0v) is 9.73. The highest BCUT2D eigenvalue weighted by Gasteiger charge is 2.39. The highest BCUT2D eigenvalue weighted by atomic mass is 16.5. The zero-order valence-electron chi connectivity index (χ0n) is 9.73. The van der Waals surface area contributed by atoms with E-state index < -0.39 is 11.7 Å². The Balaban J connectivity index is 2.42. The summed E-state index contributed by atoms with van der Waals surface area (Å²) in [4.78, 5) is 11.5. The minimum atomic E-state index is -0.984. The van der Waals surface area contributed by atoms with Gasteiger partial charge in [-0.25, -0.2) is 0 Å². The lowest BCUT2D eigenvalue weighted by atomic mass is 9.96. The van der Waals surface area contributed by atoms with Crippen molar-refractivity contribution in [2.24, 2.45) is 5.73 Å². The molecule has 94 valence electrons. The summed E-state index contributed by atoms with van der Waals surface area (Å²) < 4.78 is 10.1. The van der Waals surface area contributed by atoms with Gasteiger partial charge in [0.25, 0.3) is 5.91 Å². The molecule has 3 atom stereocenters. The number of aliphatic hydroxyl groups is 1. The second-order valence-electron chi connectivity index (χ2n) is 4.04. The largest absolute Gasteiger partial charge is 0.385 e. The third kappa shape index (κ3) is 2.91. The first kappa shape index (κ1) is 13.4. The maximum atomic E-state index is 11.5. The molecule has 1 fully saturated rings. The van der Waals surface area contributed by atoms with Crippen LogP contribution in [-0.4, -0.2) is 55.6 Å². The SMILES string of the molecule is COC(CN)C(=O)NCC1(O)CCOC1C. The van der Waals surface area contributed by atoms with Crippen molar-refractivity contribution in [1.82, 2.24) is 5.32 Å². The molecule has 3 unspecified atom stereocenters. The molecule has 0 spiro atoms. The van der Waals surface area contributed by atoms with Crippen LogP contribution in [-0.2, 0) is 14.3 Å². The monoisotopic (exact) mass is 232 g/mol. The Hall–Kier alpha value is -0.690. The van der Waals surface area contributed by atoms with Crippen molar-refractivity contribution in [3.05, 3.63) is 0 Å².